The average molecular weight is 385 g/mol. The van der Waals surface area contributed by atoms with E-state index in [1.165, 1.54) is 6.92 Å². The largest absolute Gasteiger partial charge is 0.465 e. The molecule has 0 fully saturated rings. The number of aryl methyl sites for hydroxylation is 1. The van der Waals surface area contributed by atoms with Crippen molar-refractivity contribution in [1.29, 1.82) is 0 Å². The maximum Gasteiger partial charge on any atom is 0.337 e. The van der Waals surface area contributed by atoms with E-state index >= 15 is 0 Å². The van der Waals surface area contributed by atoms with Gasteiger partial charge >= 0.3 is 11.9 Å². The Hall–Kier alpha value is -2.89. The van der Waals surface area contributed by atoms with Crippen molar-refractivity contribution in [3.8, 4) is 0 Å². The Balaban J connectivity index is 2.76. The van der Waals surface area contributed by atoms with Crippen LogP contribution in [0.25, 0.3) is 0 Å². The van der Waals surface area contributed by atoms with Gasteiger partial charge in [-0.1, -0.05) is 17.7 Å². The molecule has 0 saturated heterocycles. The highest BCUT2D eigenvalue weighted by molar-refractivity contribution is 6.08. The first-order valence-corrected chi connectivity index (χ1v) is 9.37. The van der Waals surface area contributed by atoms with E-state index < -0.39 is 17.9 Å². The number of carbonyl (C=O) groups is 3. The minimum atomic E-state index is -1.10. The Morgan fingerprint density at radius 1 is 0.893 bits per heavy atom. The predicted molar refractivity (Wildman–Crippen MR) is 106 cm³/mol. The molecule has 0 spiro atoms. The molecular weight excluding hydrogens is 358 g/mol. The maximum absolute atomic E-state index is 12.8. The van der Waals surface area contributed by atoms with E-state index in [0.29, 0.717) is 11.4 Å². The number of anilines is 1. The van der Waals surface area contributed by atoms with Crippen molar-refractivity contribution in [3.63, 3.8) is 0 Å². The SMILES string of the molecule is CCOC(=O)C1=C(C)N(c2ccc(C)cc2)C(C)=C(C(C)=O)C1C(=O)OCC. The molecule has 1 aliphatic rings. The van der Waals surface area contributed by atoms with Crippen molar-refractivity contribution in [2.24, 2.45) is 5.92 Å². The Bertz CT molecular complexity index is 848. The molecule has 1 aromatic carbocycles. The topological polar surface area (TPSA) is 72.9 Å². The van der Waals surface area contributed by atoms with Crippen molar-refractivity contribution < 1.29 is 23.9 Å². The molecule has 6 heteroatoms. The fourth-order valence-electron chi connectivity index (χ4n) is 3.53. The second-order valence-corrected chi connectivity index (χ2v) is 6.63. The van der Waals surface area contributed by atoms with E-state index in [-0.39, 0.29) is 30.1 Å². The molecule has 0 aliphatic carbocycles. The third-order valence-electron chi connectivity index (χ3n) is 4.72. The number of Topliss-reactive ketones (excluding diaryl/α,β-unsaturated/α-hetero) is 1. The number of nitrogens with zero attached hydrogens (tertiary/aromatic N) is 1. The Morgan fingerprint density at radius 2 is 1.43 bits per heavy atom. The third-order valence-corrected chi connectivity index (χ3v) is 4.72. The molecule has 2 rings (SSSR count). The van der Waals surface area contributed by atoms with Crippen LogP contribution < -0.4 is 4.90 Å². The molecule has 0 saturated carbocycles. The molecule has 28 heavy (non-hydrogen) atoms. The number of allylic oxidation sites excluding steroid dienone is 2. The second kappa shape index (κ2) is 8.87. The molecule has 1 aromatic rings. The predicted octanol–water partition coefficient (Wildman–Crippen LogP) is 3.69. The highest BCUT2D eigenvalue weighted by Gasteiger charge is 2.43. The first kappa shape index (κ1) is 21.4. The van der Waals surface area contributed by atoms with Crippen molar-refractivity contribution >= 4 is 23.4 Å². The summed E-state index contributed by atoms with van der Waals surface area (Å²) in [6.07, 6.45) is 0. The number of esters is 2. The van der Waals surface area contributed by atoms with Crippen molar-refractivity contribution in [2.45, 2.75) is 41.5 Å². The summed E-state index contributed by atoms with van der Waals surface area (Å²) in [7, 11) is 0. The van der Waals surface area contributed by atoms with Gasteiger partial charge in [0, 0.05) is 22.7 Å². The van der Waals surface area contributed by atoms with Gasteiger partial charge < -0.3 is 14.4 Å². The van der Waals surface area contributed by atoms with Gasteiger partial charge in [-0.3, -0.25) is 9.59 Å². The molecule has 1 heterocycles. The zero-order valence-electron chi connectivity index (χ0n) is 17.3. The average Bonchev–Trinajstić information content (AvgIpc) is 2.62. The zero-order chi connectivity index (χ0) is 21.0. The summed E-state index contributed by atoms with van der Waals surface area (Å²) in [5, 5.41) is 0. The van der Waals surface area contributed by atoms with Gasteiger partial charge in [-0.2, -0.15) is 0 Å². The van der Waals surface area contributed by atoms with Crippen molar-refractivity contribution in [1.82, 2.24) is 0 Å². The van der Waals surface area contributed by atoms with Crippen LogP contribution in [0.2, 0.25) is 0 Å². The lowest BCUT2D eigenvalue weighted by atomic mass is 9.82. The van der Waals surface area contributed by atoms with Crippen molar-refractivity contribution in [3.05, 3.63) is 52.4 Å². The summed E-state index contributed by atoms with van der Waals surface area (Å²) in [6, 6.07) is 7.72. The second-order valence-electron chi connectivity index (χ2n) is 6.63. The normalized spacial score (nSPS) is 16.9. The number of carbonyl (C=O) groups excluding carboxylic acids is 3. The molecule has 6 nitrogen and oxygen atoms in total. The smallest absolute Gasteiger partial charge is 0.337 e. The van der Waals surface area contributed by atoms with Crippen LogP contribution in [-0.2, 0) is 23.9 Å². The van der Waals surface area contributed by atoms with Gasteiger partial charge in [-0.25, -0.2) is 4.79 Å². The van der Waals surface area contributed by atoms with Crippen LogP contribution in [0.1, 0.15) is 40.2 Å². The third kappa shape index (κ3) is 4.01. The first-order chi connectivity index (χ1) is 13.2. The van der Waals surface area contributed by atoms with E-state index in [2.05, 4.69) is 0 Å². The number of rotatable bonds is 6. The molecule has 0 bridgehead atoms. The van der Waals surface area contributed by atoms with Gasteiger partial charge in [0.25, 0.3) is 0 Å². The summed E-state index contributed by atoms with van der Waals surface area (Å²) < 4.78 is 10.4. The lowest BCUT2D eigenvalue weighted by Crippen LogP contribution is -2.39. The van der Waals surface area contributed by atoms with Gasteiger partial charge in [0.05, 0.1) is 18.8 Å². The van der Waals surface area contributed by atoms with E-state index in [1.54, 1.807) is 27.7 Å². The molecule has 1 aliphatic heterocycles. The molecule has 0 aromatic heterocycles. The van der Waals surface area contributed by atoms with Gasteiger partial charge in [-0.05, 0) is 53.7 Å². The summed E-state index contributed by atoms with van der Waals surface area (Å²) in [4.78, 5) is 39.9. The van der Waals surface area contributed by atoms with Crippen LogP contribution in [-0.4, -0.2) is 30.9 Å². The van der Waals surface area contributed by atoms with Crippen LogP contribution in [0.15, 0.2) is 46.8 Å². The molecular formula is C22H27NO5. The highest BCUT2D eigenvalue weighted by Crippen LogP contribution is 2.40. The van der Waals surface area contributed by atoms with E-state index in [4.69, 9.17) is 9.47 Å². The molecule has 1 atom stereocenters. The van der Waals surface area contributed by atoms with Gasteiger partial charge in [0.2, 0.25) is 0 Å². The van der Waals surface area contributed by atoms with Gasteiger partial charge in [0.15, 0.2) is 5.78 Å². The number of ether oxygens (including phenoxy) is 2. The highest BCUT2D eigenvalue weighted by atomic mass is 16.5. The molecule has 0 radical (unpaired) electrons. The van der Waals surface area contributed by atoms with E-state index in [0.717, 1.165) is 11.3 Å². The summed E-state index contributed by atoms with van der Waals surface area (Å²) in [5.41, 5.74) is 3.40. The Morgan fingerprint density at radius 3 is 1.93 bits per heavy atom. The summed E-state index contributed by atoms with van der Waals surface area (Å²) in [5.74, 6) is -2.64. The maximum atomic E-state index is 12.8. The number of benzene rings is 1. The zero-order valence-corrected chi connectivity index (χ0v) is 17.3. The lowest BCUT2D eigenvalue weighted by molar-refractivity contribution is -0.149. The fourth-order valence-corrected chi connectivity index (χ4v) is 3.53. The van der Waals surface area contributed by atoms with Crippen LogP contribution in [0.5, 0.6) is 0 Å². The van der Waals surface area contributed by atoms with Crippen LogP contribution in [0.4, 0.5) is 5.69 Å². The summed E-state index contributed by atoms with van der Waals surface area (Å²) >= 11 is 0. The number of ketones is 1. The molecule has 0 amide bonds. The minimum Gasteiger partial charge on any atom is -0.465 e. The minimum absolute atomic E-state index is 0.136. The first-order valence-electron chi connectivity index (χ1n) is 9.37. The lowest BCUT2D eigenvalue weighted by Gasteiger charge is -2.37. The number of hydrogen-bond donors (Lipinski definition) is 0. The quantitative estimate of drug-likeness (QED) is 0.696. The standard InChI is InChI=1S/C22H27NO5/c1-7-27-21(25)19-15(5)23(17-11-9-13(3)10-12-17)14(4)18(16(6)24)20(19)22(26)28-8-2/h9-12,20H,7-8H2,1-6H3. The number of hydrogen-bond acceptors (Lipinski definition) is 6. The fraction of sp³-hybridized carbons (Fsp3) is 0.409. The Kier molecular flexibility index (Phi) is 6.78. The van der Waals surface area contributed by atoms with E-state index in [9.17, 15) is 14.4 Å². The molecule has 1 unspecified atom stereocenters. The molecule has 0 N–H and O–H groups in total. The Labute approximate surface area is 165 Å². The van der Waals surface area contributed by atoms with Crippen LogP contribution >= 0.6 is 0 Å². The van der Waals surface area contributed by atoms with Crippen LogP contribution in [0.3, 0.4) is 0 Å². The summed E-state index contributed by atoms with van der Waals surface area (Å²) in [6.45, 7) is 10.6. The molecule has 150 valence electrons. The van der Waals surface area contributed by atoms with E-state index in [1.807, 2.05) is 36.1 Å². The monoisotopic (exact) mass is 385 g/mol. The van der Waals surface area contributed by atoms with Gasteiger partial charge in [-0.15, -0.1) is 0 Å². The van der Waals surface area contributed by atoms with Crippen LogP contribution in [0, 0.1) is 12.8 Å². The van der Waals surface area contributed by atoms with Gasteiger partial charge in [0.1, 0.15) is 5.92 Å². The van der Waals surface area contributed by atoms with Crippen molar-refractivity contribution in [2.75, 3.05) is 18.1 Å².